The SMILES string of the molecule is O=C(O)C1C2CCCC2CN1C(=O)c1cn(-c2cccc(C(F)(F)F)c2)nn1. The average Bonchev–Trinajstić information content (AvgIpc) is 3.35. The summed E-state index contributed by atoms with van der Waals surface area (Å²) in [6.45, 7) is 0.344. The highest BCUT2D eigenvalue weighted by Crippen LogP contribution is 2.42. The summed E-state index contributed by atoms with van der Waals surface area (Å²) in [7, 11) is 0. The van der Waals surface area contributed by atoms with Crippen LogP contribution in [0.15, 0.2) is 30.5 Å². The smallest absolute Gasteiger partial charge is 0.416 e. The number of aliphatic carboxylic acids is 1. The Morgan fingerprint density at radius 3 is 2.71 bits per heavy atom. The number of hydrogen-bond acceptors (Lipinski definition) is 4. The van der Waals surface area contributed by atoms with Crippen molar-refractivity contribution in [1.29, 1.82) is 0 Å². The fourth-order valence-electron chi connectivity index (χ4n) is 4.29. The minimum absolute atomic E-state index is 0.0695. The van der Waals surface area contributed by atoms with E-state index in [4.69, 9.17) is 0 Å². The van der Waals surface area contributed by atoms with Crippen LogP contribution in [0.2, 0.25) is 0 Å². The summed E-state index contributed by atoms with van der Waals surface area (Å²) in [5.74, 6) is -1.53. The van der Waals surface area contributed by atoms with Crippen LogP contribution in [0.5, 0.6) is 0 Å². The number of carbonyl (C=O) groups is 2. The molecule has 3 unspecified atom stereocenters. The van der Waals surface area contributed by atoms with Gasteiger partial charge < -0.3 is 10.0 Å². The fourth-order valence-corrected chi connectivity index (χ4v) is 4.29. The lowest BCUT2D eigenvalue weighted by molar-refractivity contribution is -0.142. The number of rotatable bonds is 3. The molecule has 1 N–H and O–H groups in total. The molecule has 3 atom stereocenters. The Morgan fingerprint density at radius 1 is 1.21 bits per heavy atom. The van der Waals surface area contributed by atoms with Crippen LogP contribution in [0.25, 0.3) is 5.69 Å². The van der Waals surface area contributed by atoms with Crippen molar-refractivity contribution in [3.05, 3.63) is 41.7 Å². The molecule has 1 amide bonds. The van der Waals surface area contributed by atoms with E-state index in [2.05, 4.69) is 10.3 Å². The van der Waals surface area contributed by atoms with Crippen LogP contribution in [0, 0.1) is 11.8 Å². The largest absolute Gasteiger partial charge is 0.480 e. The van der Waals surface area contributed by atoms with Crippen LogP contribution in [-0.4, -0.2) is 49.5 Å². The Morgan fingerprint density at radius 2 is 2.00 bits per heavy atom. The van der Waals surface area contributed by atoms with Gasteiger partial charge in [0.25, 0.3) is 5.91 Å². The lowest BCUT2D eigenvalue weighted by Gasteiger charge is -2.23. The number of carbonyl (C=O) groups excluding carboxylic acids is 1. The summed E-state index contributed by atoms with van der Waals surface area (Å²) in [5.41, 5.74) is -0.829. The fraction of sp³-hybridized carbons (Fsp3) is 0.444. The van der Waals surface area contributed by atoms with Gasteiger partial charge in [0.2, 0.25) is 0 Å². The highest BCUT2D eigenvalue weighted by Gasteiger charge is 2.50. The number of carboxylic acid groups (broad SMARTS) is 1. The van der Waals surface area contributed by atoms with Gasteiger partial charge in [0.05, 0.1) is 17.4 Å². The first-order chi connectivity index (χ1) is 13.3. The van der Waals surface area contributed by atoms with Gasteiger partial charge in [0.1, 0.15) is 6.04 Å². The van der Waals surface area contributed by atoms with Gasteiger partial charge in [-0.05, 0) is 42.9 Å². The number of nitrogens with zero attached hydrogens (tertiary/aromatic N) is 4. The average molecular weight is 394 g/mol. The van der Waals surface area contributed by atoms with Gasteiger partial charge >= 0.3 is 12.1 Å². The highest BCUT2D eigenvalue weighted by atomic mass is 19.4. The number of benzene rings is 1. The lowest BCUT2D eigenvalue weighted by atomic mass is 9.94. The summed E-state index contributed by atoms with van der Waals surface area (Å²) in [4.78, 5) is 25.8. The van der Waals surface area contributed by atoms with Crippen LogP contribution in [0.3, 0.4) is 0 Å². The maximum Gasteiger partial charge on any atom is 0.416 e. The molecule has 1 aromatic carbocycles. The number of amides is 1. The second-order valence-corrected chi connectivity index (χ2v) is 7.19. The third-order valence-electron chi connectivity index (χ3n) is 5.55. The summed E-state index contributed by atoms with van der Waals surface area (Å²) in [5, 5.41) is 17.1. The molecule has 0 radical (unpaired) electrons. The van der Waals surface area contributed by atoms with Crippen LogP contribution in [0.4, 0.5) is 13.2 Å². The third-order valence-corrected chi connectivity index (χ3v) is 5.55. The molecule has 28 heavy (non-hydrogen) atoms. The Kier molecular flexibility index (Phi) is 4.35. The van der Waals surface area contributed by atoms with Crippen molar-refractivity contribution in [3.8, 4) is 5.69 Å². The molecule has 1 aliphatic heterocycles. The molecule has 2 fully saturated rings. The van der Waals surface area contributed by atoms with E-state index in [-0.39, 0.29) is 23.2 Å². The number of alkyl halides is 3. The predicted molar refractivity (Wildman–Crippen MR) is 89.7 cm³/mol. The van der Waals surface area contributed by atoms with Gasteiger partial charge in [-0.1, -0.05) is 17.7 Å². The standard InChI is InChI=1S/C18H17F3N4O3/c19-18(20,21)11-4-2-5-12(7-11)25-9-14(22-23-25)16(26)24-8-10-3-1-6-13(10)15(24)17(27)28/h2,4-5,7,9-10,13,15H,1,3,6,8H2,(H,27,28). The van der Waals surface area contributed by atoms with Gasteiger partial charge in [-0.25, -0.2) is 9.48 Å². The first-order valence-electron chi connectivity index (χ1n) is 8.89. The van der Waals surface area contributed by atoms with E-state index in [1.807, 2.05) is 0 Å². The van der Waals surface area contributed by atoms with Crippen molar-refractivity contribution >= 4 is 11.9 Å². The molecule has 1 saturated carbocycles. The van der Waals surface area contributed by atoms with Gasteiger partial charge in [-0.3, -0.25) is 4.79 Å². The van der Waals surface area contributed by atoms with Gasteiger partial charge in [-0.15, -0.1) is 5.10 Å². The summed E-state index contributed by atoms with van der Waals surface area (Å²) < 4.78 is 39.8. The first kappa shape index (κ1) is 18.5. The molecule has 0 bridgehead atoms. The molecule has 10 heteroatoms. The minimum Gasteiger partial charge on any atom is -0.480 e. The predicted octanol–water partition coefficient (Wildman–Crippen LogP) is 2.61. The molecule has 2 aliphatic rings. The third kappa shape index (κ3) is 3.12. The van der Waals surface area contributed by atoms with Crippen LogP contribution < -0.4 is 0 Å². The summed E-state index contributed by atoms with van der Waals surface area (Å²) in [6, 6.07) is 3.59. The molecule has 1 saturated heterocycles. The molecule has 4 rings (SSSR count). The maximum absolute atomic E-state index is 12.9. The van der Waals surface area contributed by atoms with Crippen molar-refractivity contribution in [2.45, 2.75) is 31.5 Å². The molecule has 2 heterocycles. The number of likely N-dealkylation sites (tertiary alicyclic amines) is 1. The van der Waals surface area contributed by atoms with Crippen LogP contribution in [-0.2, 0) is 11.0 Å². The van der Waals surface area contributed by atoms with Gasteiger partial charge in [0, 0.05) is 6.54 Å². The Labute approximate surface area is 157 Å². The number of fused-ring (bicyclic) bond motifs is 1. The van der Waals surface area contributed by atoms with E-state index >= 15 is 0 Å². The Bertz CT molecular complexity index is 927. The first-order valence-corrected chi connectivity index (χ1v) is 8.89. The Balaban J connectivity index is 1.59. The lowest BCUT2D eigenvalue weighted by Crippen LogP contribution is -2.43. The van der Waals surface area contributed by atoms with Crippen molar-refractivity contribution in [2.24, 2.45) is 11.8 Å². The van der Waals surface area contributed by atoms with E-state index in [9.17, 15) is 27.9 Å². The second kappa shape index (κ2) is 6.61. The van der Waals surface area contributed by atoms with Gasteiger partial charge in [-0.2, -0.15) is 13.2 Å². The van der Waals surface area contributed by atoms with E-state index in [1.54, 1.807) is 0 Å². The van der Waals surface area contributed by atoms with Crippen molar-refractivity contribution in [1.82, 2.24) is 19.9 Å². The monoisotopic (exact) mass is 394 g/mol. The van der Waals surface area contributed by atoms with E-state index < -0.39 is 29.7 Å². The van der Waals surface area contributed by atoms with Crippen molar-refractivity contribution in [3.63, 3.8) is 0 Å². The topological polar surface area (TPSA) is 88.3 Å². The molecule has 0 spiro atoms. The molecule has 1 aromatic heterocycles. The molecule has 148 valence electrons. The molecule has 7 nitrogen and oxygen atoms in total. The maximum atomic E-state index is 12.9. The number of carboxylic acids is 1. The zero-order valence-electron chi connectivity index (χ0n) is 14.6. The number of hydrogen-bond donors (Lipinski definition) is 1. The normalized spacial score (nSPS) is 24.4. The van der Waals surface area contributed by atoms with E-state index in [1.165, 1.54) is 23.2 Å². The Hall–Kier alpha value is -2.91. The summed E-state index contributed by atoms with van der Waals surface area (Å²) >= 11 is 0. The zero-order valence-corrected chi connectivity index (χ0v) is 14.6. The molecule has 2 aromatic rings. The number of halogens is 3. The van der Waals surface area contributed by atoms with Crippen molar-refractivity contribution in [2.75, 3.05) is 6.54 Å². The molecular formula is C18H17F3N4O3. The number of aromatic nitrogens is 3. The van der Waals surface area contributed by atoms with Crippen molar-refractivity contribution < 1.29 is 27.9 Å². The summed E-state index contributed by atoms with van der Waals surface area (Å²) in [6.07, 6.45) is -0.674. The van der Waals surface area contributed by atoms with E-state index in [0.717, 1.165) is 36.1 Å². The molecule has 1 aliphatic carbocycles. The quantitative estimate of drug-likeness (QED) is 0.865. The van der Waals surface area contributed by atoms with Crippen LogP contribution >= 0.6 is 0 Å². The minimum atomic E-state index is -4.50. The highest BCUT2D eigenvalue weighted by molar-refractivity contribution is 5.95. The van der Waals surface area contributed by atoms with Crippen LogP contribution in [0.1, 0.15) is 35.3 Å². The molecular weight excluding hydrogens is 377 g/mol. The van der Waals surface area contributed by atoms with E-state index in [0.29, 0.717) is 6.54 Å². The second-order valence-electron chi connectivity index (χ2n) is 7.19. The zero-order chi connectivity index (χ0) is 20.1. The van der Waals surface area contributed by atoms with Gasteiger partial charge in [0.15, 0.2) is 5.69 Å².